The second kappa shape index (κ2) is 6.64. The molecule has 2 fully saturated rings. The van der Waals surface area contributed by atoms with Gasteiger partial charge in [0.05, 0.1) is 0 Å². The third kappa shape index (κ3) is 2.95. The van der Waals surface area contributed by atoms with E-state index in [0.29, 0.717) is 25.9 Å². The minimum Gasteiger partial charge on any atom is -0.339 e. The smallest absolute Gasteiger partial charge is 0.325 e. The Morgan fingerprint density at radius 3 is 2.14 bits per heavy atom. The van der Waals surface area contributed by atoms with E-state index in [-0.39, 0.29) is 18.4 Å². The number of carbonyl (C=O) groups excluding carboxylic acids is 3. The molecule has 0 radical (unpaired) electrons. The monoisotopic (exact) mass is 310 g/mol. The number of imide groups is 1. The Labute approximate surface area is 131 Å². The molecule has 2 saturated heterocycles. The van der Waals surface area contributed by atoms with Gasteiger partial charge in [-0.3, -0.25) is 14.5 Å². The normalized spacial score (nSPS) is 22.1. The summed E-state index contributed by atoms with van der Waals surface area (Å²) >= 11 is 0. The summed E-state index contributed by atoms with van der Waals surface area (Å²) in [7, 11) is 0. The van der Waals surface area contributed by atoms with Crippen molar-refractivity contribution in [3.63, 3.8) is 0 Å². The number of hydrogen-bond acceptors (Lipinski definition) is 4. The van der Waals surface area contributed by atoms with E-state index in [0.717, 1.165) is 24.5 Å². The average Bonchev–Trinajstić information content (AvgIpc) is 2.79. The highest BCUT2D eigenvalue weighted by Crippen LogP contribution is 2.24. The van der Waals surface area contributed by atoms with Gasteiger partial charge >= 0.3 is 6.03 Å². The zero-order valence-corrected chi connectivity index (χ0v) is 13.7. The van der Waals surface area contributed by atoms with E-state index in [9.17, 15) is 14.4 Å². The Kier molecular flexibility index (Phi) is 5.05. The Bertz CT molecular complexity index is 454. The molecule has 7 nitrogen and oxygen atoms in total. The summed E-state index contributed by atoms with van der Waals surface area (Å²) in [5.74, 6) is -0.426. The number of nitrogens with zero attached hydrogens (tertiary/aromatic N) is 3. The van der Waals surface area contributed by atoms with Crippen molar-refractivity contribution in [1.29, 1.82) is 0 Å². The number of rotatable bonds is 5. The zero-order chi connectivity index (χ0) is 16.3. The topological polar surface area (TPSA) is 73.0 Å². The van der Waals surface area contributed by atoms with Crippen LogP contribution in [0.5, 0.6) is 0 Å². The first-order chi connectivity index (χ1) is 10.5. The van der Waals surface area contributed by atoms with Crippen molar-refractivity contribution in [3.8, 4) is 0 Å². The van der Waals surface area contributed by atoms with Crippen LogP contribution in [0.1, 0.15) is 33.6 Å². The van der Waals surface area contributed by atoms with Crippen LogP contribution < -0.4 is 5.32 Å². The fourth-order valence-electron chi connectivity index (χ4n) is 3.10. The molecule has 0 bridgehead atoms. The molecule has 2 aliphatic heterocycles. The van der Waals surface area contributed by atoms with Crippen molar-refractivity contribution in [1.82, 2.24) is 20.0 Å². The van der Waals surface area contributed by atoms with Gasteiger partial charge < -0.3 is 15.1 Å². The van der Waals surface area contributed by atoms with Crippen molar-refractivity contribution in [2.24, 2.45) is 0 Å². The summed E-state index contributed by atoms with van der Waals surface area (Å²) in [5, 5.41) is 2.75. The van der Waals surface area contributed by atoms with E-state index >= 15 is 0 Å². The van der Waals surface area contributed by atoms with Crippen molar-refractivity contribution in [2.45, 2.75) is 39.2 Å². The molecule has 0 spiro atoms. The number of carbonyl (C=O) groups is 3. The number of urea groups is 1. The van der Waals surface area contributed by atoms with Crippen molar-refractivity contribution >= 4 is 17.8 Å². The lowest BCUT2D eigenvalue weighted by Gasteiger charge is -2.34. The standard InChI is InChI=1S/C15H26N4O3/c1-4-15(5-2)13(21)19(14(22)16-15)11-12(20)18-9-7-17(6-3)8-10-18/h4-11H2,1-3H3,(H,16,22). The molecule has 2 heterocycles. The lowest BCUT2D eigenvalue weighted by Crippen LogP contribution is -2.52. The summed E-state index contributed by atoms with van der Waals surface area (Å²) in [6.07, 6.45) is 1.07. The second-order valence-corrected chi connectivity index (χ2v) is 5.93. The largest absolute Gasteiger partial charge is 0.339 e. The Morgan fingerprint density at radius 2 is 1.68 bits per heavy atom. The van der Waals surface area contributed by atoms with Gasteiger partial charge in [0.25, 0.3) is 5.91 Å². The molecule has 4 amide bonds. The van der Waals surface area contributed by atoms with Gasteiger partial charge in [-0.15, -0.1) is 0 Å². The van der Waals surface area contributed by atoms with Crippen LogP contribution in [0, 0.1) is 0 Å². The third-order valence-electron chi connectivity index (χ3n) is 4.92. The maximum atomic E-state index is 12.5. The van der Waals surface area contributed by atoms with Crippen molar-refractivity contribution in [3.05, 3.63) is 0 Å². The van der Waals surface area contributed by atoms with Crippen LogP contribution in [-0.2, 0) is 9.59 Å². The number of amides is 4. The van der Waals surface area contributed by atoms with Gasteiger partial charge in [-0.05, 0) is 19.4 Å². The predicted molar refractivity (Wildman–Crippen MR) is 82.3 cm³/mol. The minimum atomic E-state index is -0.835. The summed E-state index contributed by atoms with van der Waals surface area (Å²) in [6.45, 7) is 9.66. The van der Waals surface area contributed by atoms with Gasteiger partial charge in [0.15, 0.2) is 0 Å². The molecule has 0 aromatic heterocycles. The van der Waals surface area contributed by atoms with E-state index < -0.39 is 11.6 Å². The van der Waals surface area contributed by atoms with Crippen LogP contribution >= 0.6 is 0 Å². The Balaban J connectivity index is 1.97. The molecular weight excluding hydrogens is 284 g/mol. The van der Waals surface area contributed by atoms with Gasteiger partial charge in [-0.2, -0.15) is 0 Å². The van der Waals surface area contributed by atoms with Crippen LogP contribution in [-0.4, -0.2) is 77.4 Å². The molecule has 0 unspecified atom stereocenters. The highest BCUT2D eigenvalue weighted by atomic mass is 16.2. The van der Waals surface area contributed by atoms with Crippen molar-refractivity contribution < 1.29 is 14.4 Å². The van der Waals surface area contributed by atoms with E-state index in [2.05, 4.69) is 17.1 Å². The van der Waals surface area contributed by atoms with Crippen LogP contribution in [0.3, 0.4) is 0 Å². The van der Waals surface area contributed by atoms with Crippen LogP contribution in [0.25, 0.3) is 0 Å². The number of hydrogen-bond donors (Lipinski definition) is 1. The highest BCUT2D eigenvalue weighted by molar-refractivity contribution is 6.08. The number of likely N-dealkylation sites (N-methyl/N-ethyl adjacent to an activating group) is 1. The average molecular weight is 310 g/mol. The summed E-state index contributed by atoms with van der Waals surface area (Å²) in [5.41, 5.74) is -0.835. The Hall–Kier alpha value is -1.63. The summed E-state index contributed by atoms with van der Waals surface area (Å²) in [6, 6.07) is -0.450. The maximum absolute atomic E-state index is 12.5. The highest BCUT2D eigenvalue weighted by Gasteiger charge is 2.49. The number of nitrogens with one attached hydrogen (secondary N) is 1. The van der Waals surface area contributed by atoms with E-state index in [4.69, 9.17) is 0 Å². The lowest BCUT2D eigenvalue weighted by molar-refractivity contribution is -0.140. The molecule has 2 rings (SSSR count). The molecule has 0 aromatic rings. The van der Waals surface area contributed by atoms with Crippen LogP contribution in [0.4, 0.5) is 4.79 Å². The first-order valence-corrected chi connectivity index (χ1v) is 8.11. The molecule has 0 aliphatic carbocycles. The molecule has 2 aliphatic rings. The zero-order valence-electron chi connectivity index (χ0n) is 13.7. The summed E-state index contributed by atoms with van der Waals surface area (Å²) < 4.78 is 0. The molecule has 22 heavy (non-hydrogen) atoms. The van der Waals surface area contributed by atoms with Gasteiger partial charge in [-0.1, -0.05) is 20.8 Å². The fourth-order valence-corrected chi connectivity index (χ4v) is 3.10. The minimum absolute atomic E-state index is 0.151. The van der Waals surface area contributed by atoms with E-state index in [1.54, 1.807) is 4.90 Å². The van der Waals surface area contributed by atoms with E-state index in [1.807, 2.05) is 13.8 Å². The van der Waals surface area contributed by atoms with Crippen LogP contribution in [0.2, 0.25) is 0 Å². The Morgan fingerprint density at radius 1 is 1.09 bits per heavy atom. The maximum Gasteiger partial charge on any atom is 0.325 e. The van der Waals surface area contributed by atoms with Crippen LogP contribution in [0.15, 0.2) is 0 Å². The van der Waals surface area contributed by atoms with Gasteiger partial charge in [-0.25, -0.2) is 4.79 Å². The van der Waals surface area contributed by atoms with Crippen molar-refractivity contribution in [2.75, 3.05) is 39.3 Å². The fraction of sp³-hybridized carbons (Fsp3) is 0.800. The molecule has 0 aromatic carbocycles. The molecule has 124 valence electrons. The van der Waals surface area contributed by atoms with E-state index in [1.165, 1.54) is 0 Å². The predicted octanol–water partition coefficient (Wildman–Crippen LogP) is 0.261. The SMILES string of the molecule is CCN1CCN(C(=O)CN2C(=O)NC(CC)(CC)C2=O)CC1. The molecule has 0 saturated carbocycles. The second-order valence-electron chi connectivity index (χ2n) is 5.93. The third-order valence-corrected chi connectivity index (χ3v) is 4.92. The first-order valence-electron chi connectivity index (χ1n) is 8.11. The molecule has 7 heteroatoms. The summed E-state index contributed by atoms with van der Waals surface area (Å²) in [4.78, 5) is 42.0. The number of piperazine rings is 1. The quantitative estimate of drug-likeness (QED) is 0.739. The first kappa shape index (κ1) is 16.7. The molecule has 1 N–H and O–H groups in total. The molecular formula is C15H26N4O3. The van der Waals surface area contributed by atoms with Gasteiger partial charge in [0, 0.05) is 26.2 Å². The molecule has 0 atom stereocenters. The lowest BCUT2D eigenvalue weighted by atomic mass is 9.93. The van der Waals surface area contributed by atoms with Gasteiger partial charge in [0.1, 0.15) is 12.1 Å². The van der Waals surface area contributed by atoms with Gasteiger partial charge in [0.2, 0.25) is 5.91 Å².